The first-order valence-electron chi connectivity index (χ1n) is 9.06. The molecular weight excluding hydrogens is 322 g/mol. The fourth-order valence-corrected chi connectivity index (χ4v) is 4.51. The molecule has 0 aromatic rings. The molecule has 2 aliphatic rings. The van der Waals surface area contributed by atoms with Crippen LogP contribution in [-0.2, 0) is 4.79 Å². The quantitative estimate of drug-likeness (QED) is 0.597. The van der Waals surface area contributed by atoms with Gasteiger partial charge in [0.25, 0.3) is 0 Å². The number of aliphatic imine (C=N–C) groups is 1. The molecule has 0 saturated carbocycles. The predicted molar refractivity (Wildman–Crippen MR) is 103 cm³/mol. The topological polar surface area (TPSA) is 51.2 Å². The molecule has 1 atom stereocenters. The Hall–Kier alpha value is -0.950. The monoisotopic (exact) mass is 355 g/mol. The van der Waals surface area contributed by atoms with Crippen molar-refractivity contribution in [2.75, 3.05) is 65.2 Å². The van der Waals surface area contributed by atoms with Crippen molar-refractivity contribution in [3.05, 3.63) is 0 Å². The van der Waals surface area contributed by atoms with Gasteiger partial charge in [0.05, 0.1) is 0 Å². The van der Waals surface area contributed by atoms with Crippen molar-refractivity contribution in [3.63, 3.8) is 0 Å². The Morgan fingerprint density at radius 2 is 1.92 bits per heavy atom. The second-order valence-electron chi connectivity index (χ2n) is 6.92. The summed E-state index contributed by atoms with van der Waals surface area (Å²) in [6, 6.07) is 0. The summed E-state index contributed by atoms with van der Waals surface area (Å²) in [5, 5.41) is 4.22. The number of piperazine rings is 1. The van der Waals surface area contributed by atoms with Gasteiger partial charge in [-0.15, -0.1) is 0 Å². The fourth-order valence-electron chi connectivity index (χ4n) is 3.22. The van der Waals surface area contributed by atoms with E-state index >= 15 is 0 Å². The van der Waals surface area contributed by atoms with Crippen molar-refractivity contribution in [1.29, 1.82) is 0 Å². The molecule has 1 unspecified atom stereocenters. The lowest BCUT2D eigenvalue weighted by atomic mass is 10.1. The Kier molecular flexibility index (Phi) is 7.68. The molecule has 2 saturated heterocycles. The van der Waals surface area contributed by atoms with E-state index in [1.54, 1.807) is 6.92 Å². The molecule has 1 amide bonds. The minimum Gasteiger partial charge on any atom is -0.355 e. The molecule has 0 aromatic carbocycles. The SMILES string of the molecule is CN=C(NCCN1CCN(C(C)=O)CC1)N1CCSC(C(C)C)C1. The lowest BCUT2D eigenvalue weighted by Crippen LogP contribution is -2.52. The first-order valence-corrected chi connectivity index (χ1v) is 10.1. The molecule has 0 aromatic heterocycles. The number of amides is 1. The average Bonchev–Trinajstić information content (AvgIpc) is 2.59. The summed E-state index contributed by atoms with van der Waals surface area (Å²) in [6.07, 6.45) is 0. The van der Waals surface area contributed by atoms with Crippen molar-refractivity contribution in [2.24, 2.45) is 10.9 Å². The molecule has 2 heterocycles. The van der Waals surface area contributed by atoms with E-state index < -0.39 is 0 Å². The van der Waals surface area contributed by atoms with Crippen LogP contribution in [0.15, 0.2) is 4.99 Å². The Labute approximate surface area is 151 Å². The molecule has 0 bridgehead atoms. The summed E-state index contributed by atoms with van der Waals surface area (Å²) in [5.74, 6) is 3.10. The summed E-state index contributed by atoms with van der Waals surface area (Å²) in [7, 11) is 1.88. The van der Waals surface area contributed by atoms with E-state index in [9.17, 15) is 4.79 Å². The zero-order valence-corrected chi connectivity index (χ0v) is 16.4. The normalized spacial score (nSPS) is 23.7. The van der Waals surface area contributed by atoms with Crippen molar-refractivity contribution >= 4 is 23.6 Å². The van der Waals surface area contributed by atoms with E-state index in [0.29, 0.717) is 11.2 Å². The number of hydrogen-bond donors (Lipinski definition) is 1. The number of hydrogen-bond acceptors (Lipinski definition) is 4. The molecule has 7 heteroatoms. The molecule has 0 aliphatic carbocycles. The largest absolute Gasteiger partial charge is 0.355 e. The van der Waals surface area contributed by atoms with Gasteiger partial charge in [0, 0.05) is 77.3 Å². The molecule has 2 rings (SSSR count). The second kappa shape index (κ2) is 9.51. The van der Waals surface area contributed by atoms with Crippen LogP contribution in [0.1, 0.15) is 20.8 Å². The molecule has 2 fully saturated rings. The third kappa shape index (κ3) is 5.55. The van der Waals surface area contributed by atoms with E-state index in [-0.39, 0.29) is 5.91 Å². The summed E-state index contributed by atoms with van der Waals surface area (Å²) < 4.78 is 0. The highest BCUT2D eigenvalue weighted by Gasteiger charge is 2.25. The van der Waals surface area contributed by atoms with Crippen LogP contribution in [0.25, 0.3) is 0 Å². The van der Waals surface area contributed by atoms with Gasteiger partial charge in [0.2, 0.25) is 5.91 Å². The maximum absolute atomic E-state index is 11.4. The molecule has 0 radical (unpaired) electrons. The van der Waals surface area contributed by atoms with Crippen LogP contribution in [0, 0.1) is 5.92 Å². The summed E-state index contributed by atoms with van der Waals surface area (Å²) >= 11 is 2.09. The molecular formula is C17H33N5OS. The fraction of sp³-hybridized carbons (Fsp3) is 0.882. The van der Waals surface area contributed by atoms with E-state index in [4.69, 9.17) is 0 Å². The predicted octanol–water partition coefficient (Wildman–Crippen LogP) is 0.799. The number of carbonyl (C=O) groups is 1. The van der Waals surface area contributed by atoms with Crippen LogP contribution >= 0.6 is 11.8 Å². The van der Waals surface area contributed by atoms with Gasteiger partial charge >= 0.3 is 0 Å². The van der Waals surface area contributed by atoms with Crippen LogP contribution in [-0.4, -0.2) is 97.0 Å². The zero-order chi connectivity index (χ0) is 17.5. The number of guanidine groups is 1. The molecule has 1 N–H and O–H groups in total. The van der Waals surface area contributed by atoms with Crippen molar-refractivity contribution in [1.82, 2.24) is 20.0 Å². The maximum atomic E-state index is 11.4. The zero-order valence-electron chi connectivity index (χ0n) is 15.6. The van der Waals surface area contributed by atoms with Gasteiger partial charge < -0.3 is 15.1 Å². The van der Waals surface area contributed by atoms with Crippen LogP contribution in [0.2, 0.25) is 0 Å². The molecule has 2 aliphatic heterocycles. The highest BCUT2D eigenvalue weighted by Crippen LogP contribution is 2.24. The first-order chi connectivity index (χ1) is 11.5. The summed E-state index contributed by atoms with van der Waals surface area (Å²) in [5.41, 5.74) is 0. The van der Waals surface area contributed by atoms with Gasteiger partial charge in [-0.25, -0.2) is 0 Å². The van der Waals surface area contributed by atoms with Crippen molar-refractivity contribution in [2.45, 2.75) is 26.0 Å². The average molecular weight is 356 g/mol. The number of nitrogens with zero attached hydrogens (tertiary/aromatic N) is 4. The number of rotatable bonds is 4. The van der Waals surface area contributed by atoms with E-state index in [0.717, 1.165) is 58.3 Å². The van der Waals surface area contributed by atoms with Gasteiger partial charge in [-0.2, -0.15) is 11.8 Å². The van der Waals surface area contributed by atoms with Crippen molar-refractivity contribution in [3.8, 4) is 0 Å². The molecule has 24 heavy (non-hydrogen) atoms. The van der Waals surface area contributed by atoms with Crippen LogP contribution in [0.5, 0.6) is 0 Å². The summed E-state index contributed by atoms with van der Waals surface area (Å²) in [6.45, 7) is 14.0. The maximum Gasteiger partial charge on any atom is 0.219 e. The Balaban J connectivity index is 1.71. The minimum absolute atomic E-state index is 0.191. The van der Waals surface area contributed by atoms with Gasteiger partial charge in [-0.3, -0.25) is 14.7 Å². The first kappa shape index (κ1) is 19.4. The lowest BCUT2D eigenvalue weighted by Gasteiger charge is -2.37. The molecule has 6 nitrogen and oxygen atoms in total. The number of thioether (sulfide) groups is 1. The van der Waals surface area contributed by atoms with E-state index in [1.165, 1.54) is 5.75 Å². The highest BCUT2D eigenvalue weighted by atomic mass is 32.2. The molecule has 138 valence electrons. The Bertz CT molecular complexity index is 435. The third-order valence-corrected chi connectivity index (χ3v) is 6.42. The van der Waals surface area contributed by atoms with E-state index in [1.807, 2.05) is 11.9 Å². The van der Waals surface area contributed by atoms with Gasteiger partial charge in [0.1, 0.15) is 0 Å². The van der Waals surface area contributed by atoms with Crippen LogP contribution in [0.4, 0.5) is 0 Å². The molecule has 0 spiro atoms. The van der Waals surface area contributed by atoms with Gasteiger partial charge in [-0.1, -0.05) is 13.8 Å². The van der Waals surface area contributed by atoms with Crippen LogP contribution in [0.3, 0.4) is 0 Å². The number of carbonyl (C=O) groups excluding carboxylic acids is 1. The number of nitrogens with one attached hydrogen (secondary N) is 1. The highest BCUT2D eigenvalue weighted by molar-refractivity contribution is 8.00. The minimum atomic E-state index is 0.191. The van der Waals surface area contributed by atoms with Gasteiger partial charge in [0.15, 0.2) is 5.96 Å². The standard InChI is InChI=1S/C17H33N5OS/c1-14(2)16-13-22(11-12-24-16)17(18-4)19-5-6-20-7-9-21(10-8-20)15(3)23/h14,16H,5-13H2,1-4H3,(H,18,19). The smallest absolute Gasteiger partial charge is 0.219 e. The Morgan fingerprint density at radius 3 is 2.50 bits per heavy atom. The van der Waals surface area contributed by atoms with Crippen LogP contribution < -0.4 is 5.32 Å². The Morgan fingerprint density at radius 1 is 1.21 bits per heavy atom. The van der Waals surface area contributed by atoms with E-state index in [2.05, 4.69) is 45.7 Å². The van der Waals surface area contributed by atoms with Crippen molar-refractivity contribution < 1.29 is 4.79 Å². The second-order valence-corrected chi connectivity index (χ2v) is 8.27. The third-order valence-electron chi connectivity index (χ3n) is 4.88. The van der Waals surface area contributed by atoms with Gasteiger partial charge in [-0.05, 0) is 5.92 Å². The lowest BCUT2D eigenvalue weighted by molar-refractivity contribution is -0.130. The summed E-state index contributed by atoms with van der Waals surface area (Å²) in [4.78, 5) is 22.6.